The standard InChI is InChI=1S/C38H52FN3O9S/c1-23-9-7-8-10-25-20-38(25,34(46)41-52(48,49)37(6)15-16-37)21-31(43)30-18-28(50-35(47)40-27-13-11-26(39)12-14-27)22-42(30)33(45)29(24(2)17-23)19-32(44)51-36(3,4)5/h8,10-14,23-25,28-30H,7,9,15-22H2,1-6H3,(H,40,47)(H,41,46)/b10-8-/t23-,24-,25-,28-,29+,30+,38-/m1/s1. The minimum absolute atomic E-state index is 0.0695. The Balaban J connectivity index is 1.45. The summed E-state index contributed by atoms with van der Waals surface area (Å²) < 4.78 is 52.2. The third kappa shape index (κ3) is 9.21. The molecule has 2 N–H and O–H groups in total. The molecule has 7 atom stereocenters. The Morgan fingerprint density at radius 1 is 1.06 bits per heavy atom. The van der Waals surface area contributed by atoms with Gasteiger partial charge in [-0.05, 0) is 108 Å². The first-order valence-corrected chi connectivity index (χ1v) is 19.7. The Kier molecular flexibility index (Phi) is 11.3. The van der Waals surface area contributed by atoms with Crippen LogP contribution in [0.5, 0.6) is 0 Å². The number of allylic oxidation sites excluding steroid dienone is 2. The molecule has 14 heteroatoms. The molecule has 12 nitrogen and oxygen atoms in total. The number of fused-ring (bicyclic) bond motifs is 2. The fraction of sp³-hybridized carbons (Fsp3) is 0.658. The van der Waals surface area contributed by atoms with Crippen LogP contribution in [0.25, 0.3) is 0 Å². The zero-order chi connectivity index (χ0) is 38.2. The number of ether oxygens (including phenoxy) is 2. The van der Waals surface area contributed by atoms with E-state index in [4.69, 9.17) is 9.47 Å². The smallest absolute Gasteiger partial charge is 0.411 e. The average Bonchev–Trinajstić information content (AvgIpc) is 3.91. The lowest BCUT2D eigenvalue weighted by molar-refractivity contribution is -0.160. The maximum atomic E-state index is 14.6. The molecule has 3 fully saturated rings. The molecule has 286 valence electrons. The second-order valence-corrected chi connectivity index (χ2v) is 18.8. The van der Waals surface area contributed by atoms with Crippen LogP contribution in [-0.4, -0.2) is 72.0 Å². The summed E-state index contributed by atoms with van der Waals surface area (Å²) in [5, 5.41) is 2.53. The number of ketones is 1. The quantitative estimate of drug-likeness (QED) is 0.264. The van der Waals surface area contributed by atoms with Crippen molar-refractivity contribution in [2.45, 2.75) is 122 Å². The number of halogens is 1. The zero-order valence-corrected chi connectivity index (χ0v) is 31.7. The van der Waals surface area contributed by atoms with Gasteiger partial charge in [0.25, 0.3) is 0 Å². The molecule has 2 aliphatic heterocycles. The second-order valence-electron chi connectivity index (χ2n) is 16.6. The number of benzene rings is 1. The van der Waals surface area contributed by atoms with Gasteiger partial charge in [0.1, 0.15) is 17.5 Å². The van der Waals surface area contributed by atoms with Gasteiger partial charge in [-0.15, -0.1) is 0 Å². The predicted molar refractivity (Wildman–Crippen MR) is 191 cm³/mol. The van der Waals surface area contributed by atoms with Crippen LogP contribution >= 0.6 is 0 Å². The Labute approximate surface area is 305 Å². The maximum absolute atomic E-state index is 14.6. The van der Waals surface area contributed by atoms with Gasteiger partial charge in [0.15, 0.2) is 5.78 Å². The highest BCUT2D eigenvalue weighted by atomic mass is 32.2. The predicted octanol–water partition coefficient (Wildman–Crippen LogP) is 5.67. The molecular weight excluding hydrogens is 693 g/mol. The summed E-state index contributed by atoms with van der Waals surface area (Å²) in [5.74, 6) is -4.04. The van der Waals surface area contributed by atoms with Crippen molar-refractivity contribution in [3.8, 4) is 0 Å². The first-order chi connectivity index (χ1) is 24.2. The number of carbonyl (C=O) groups excluding carboxylic acids is 5. The number of amides is 3. The highest BCUT2D eigenvalue weighted by Gasteiger charge is 2.62. The van der Waals surface area contributed by atoms with Crippen molar-refractivity contribution in [3.63, 3.8) is 0 Å². The van der Waals surface area contributed by atoms with Crippen LogP contribution in [0, 0.1) is 34.9 Å². The average molecular weight is 746 g/mol. The molecule has 0 spiro atoms. The topological polar surface area (TPSA) is 165 Å². The van der Waals surface area contributed by atoms with Gasteiger partial charge in [-0.25, -0.2) is 17.6 Å². The first kappa shape index (κ1) is 39.4. The minimum Gasteiger partial charge on any atom is -0.460 e. The van der Waals surface area contributed by atoms with Gasteiger partial charge in [-0.3, -0.25) is 29.2 Å². The lowest BCUT2D eigenvalue weighted by Crippen LogP contribution is -2.48. The van der Waals surface area contributed by atoms with Crippen molar-refractivity contribution in [2.75, 3.05) is 11.9 Å². The number of nitrogens with one attached hydrogen (secondary N) is 2. The third-order valence-corrected chi connectivity index (χ3v) is 13.1. The summed E-state index contributed by atoms with van der Waals surface area (Å²) in [7, 11) is -3.98. The van der Waals surface area contributed by atoms with Gasteiger partial charge in [0.05, 0.1) is 35.1 Å². The number of sulfonamides is 1. The molecule has 1 saturated heterocycles. The zero-order valence-electron chi connectivity index (χ0n) is 30.9. The summed E-state index contributed by atoms with van der Waals surface area (Å²) in [6.45, 7) is 10.6. The molecule has 2 aliphatic carbocycles. The van der Waals surface area contributed by atoms with Gasteiger partial charge in [-0.1, -0.05) is 26.0 Å². The van der Waals surface area contributed by atoms with Crippen LogP contribution in [0.1, 0.15) is 99.3 Å². The van der Waals surface area contributed by atoms with Crippen molar-refractivity contribution >= 4 is 45.4 Å². The van der Waals surface area contributed by atoms with Crippen LogP contribution in [0.4, 0.5) is 14.9 Å². The molecule has 0 unspecified atom stereocenters. The molecule has 0 radical (unpaired) electrons. The van der Waals surface area contributed by atoms with Crippen LogP contribution in [0.15, 0.2) is 36.4 Å². The van der Waals surface area contributed by atoms with Crippen molar-refractivity contribution < 1.29 is 46.3 Å². The molecule has 1 aromatic carbocycles. The molecular formula is C38H52FN3O9S. The van der Waals surface area contributed by atoms with Gasteiger partial charge >= 0.3 is 12.1 Å². The van der Waals surface area contributed by atoms with E-state index in [9.17, 15) is 36.8 Å². The fourth-order valence-corrected chi connectivity index (χ4v) is 8.81. The van der Waals surface area contributed by atoms with Gasteiger partial charge in [0, 0.05) is 18.5 Å². The molecule has 0 bridgehead atoms. The molecule has 4 aliphatic rings. The first-order valence-electron chi connectivity index (χ1n) is 18.2. The Bertz CT molecular complexity index is 1700. The largest absolute Gasteiger partial charge is 0.460 e. The number of esters is 1. The van der Waals surface area contributed by atoms with Crippen LogP contribution < -0.4 is 10.0 Å². The summed E-state index contributed by atoms with van der Waals surface area (Å²) >= 11 is 0. The molecule has 1 aromatic rings. The van der Waals surface area contributed by atoms with Crippen LogP contribution in [0.3, 0.4) is 0 Å². The van der Waals surface area contributed by atoms with E-state index in [0.29, 0.717) is 25.7 Å². The molecule has 52 heavy (non-hydrogen) atoms. The monoisotopic (exact) mass is 745 g/mol. The second kappa shape index (κ2) is 14.9. The number of carbonyl (C=O) groups is 5. The molecule has 0 aromatic heterocycles. The third-order valence-electron chi connectivity index (χ3n) is 11.0. The lowest BCUT2D eigenvalue weighted by atomic mass is 9.82. The Morgan fingerprint density at radius 3 is 2.37 bits per heavy atom. The van der Waals surface area contributed by atoms with E-state index in [2.05, 4.69) is 17.0 Å². The van der Waals surface area contributed by atoms with E-state index in [-0.39, 0.29) is 55.7 Å². The molecule has 3 amide bonds. The molecule has 2 saturated carbocycles. The van der Waals surface area contributed by atoms with Crippen molar-refractivity contribution in [2.24, 2.45) is 29.1 Å². The summed E-state index contributed by atoms with van der Waals surface area (Å²) in [6.07, 6.45) is 4.66. The van der Waals surface area contributed by atoms with Gasteiger partial charge < -0.3 is 14.4 Å². The number of Topliss-reactive ketones (excluding diaryl/α,β-unsaturated/α-hetero) is 1. The highest BCUT2D eigenvalue weighted by Crippen LogP contribution is 2.57. The summed E-state index contributed by atoms with van der Waals surface area (Å²) in [5.41, 5.74) is -1.83. The number of anilines is 1. The Morgan fingerprint density at radius 2 is 1.73 bits per heavy atom. The van der Waals surface area contributed by atoms with Crippen molar-refractivity contribution in [1.29, 1.82) is 0 Å². The van der Waals surface area contributed by atoms with E-state index < -0.39 is 79.3 Å². The fourth-order valence-electron chi connectivity index (χ4n) is 7.48. The minimum atomic E-state index is -3.98. The van der Waals surface area contributed by atoms with Crippen molar-refractivity contribution in [3.05, 3.63) is 42.2 Å². The number of nitrogens with zero attached hydrogens (tertiary/aromatic N) is 1. The summed E-state index contributed by atoms with van der Waals surface area (Å²) in [4.78, 5) is 70.2. The van der Waals surface area contributed by atoms with E-state index in [1.165, 1.54) is 29.2 Å². The molecule has 2 heterocycles. The maximum Gasteiger partial charge on any atom is 0.411 e. The van der Waals surface area contributed by atoms with E-state index in [1.807, 2.05) is 19.1 Å². The van der Waals surface area contributed by atoms with Gasteiger partial charge in [0.2, 0.25) is 21.8 Å². The lowest BCUT2D eigenvalue weighted by Gasteiger charge is -2.32. The van der Waals surface area contributed by atoms with Gasteiger partial charge in [-0.2, -0.15) is 0 Å². The van der Waals surface area contributed by atoms with Crippen molar-refractivity contribution in [1.82, 2.24) is 9.62 Å². The normalized spacial score (nSPS) is 31.2. The number of hydrogen-bond acceptors (Lipinski definition) is 9. The SMILES string of the molecule is C[C@@H]1CC/C=C\[C@@H]2C[C@@]2(C(=O)NS(=O)(=O)C2(C)CC2)CC(=O)[C@@H]2C[C@@H](OC(=O)Nc3ccc(F)cc3)CN2C(=O)[C@@H](CC(=O)OC(C)(C)C)[C@H](C)C1. The Hall–Kier alpha value is -3.81. The van der Waals surface area contributed by atoms with Crippen LogP contribution in [-0.2, 0) is 38.7 Å². The highest BCUT2D eigenvalue weighted by molar-refractivity contribution is 7.91. The van der Waals surface area contributed by atoms with E-state index in [1.54, 1.807) is 27.7 Å². The summed E-state index contributed by atoms with van der Waals surface area (Å²) in [6, 6.07) is 3.96. The molecule has 5 rings (SSSR count). The van der Waals surface area contributed by atoms with E-state index >= 15 is 0 Å². The number of rotatable bonds is 7. The van der Waals surface area contributed by atoms with Crippen LogP contribution in [0.2, 0.25) is 0 Å². The van der Waals surface area contributed by atoms with E-state index in [0.717, 1.165) is 6.42 Å². The number of hydrogen-bond donors (Lipinski definition) is 2.